The Morgan fingerprint density at radius 3 is 2.23 bits per heavy atom. The van der Waals surface area contributed by atoms with Crippen molar-refractivity contribution in [1.82, 2.24) is 0 Å². The number of hydrogen-bond acceptors (Lipinski definition) is 5. The fourth-order valence-corrected chi connectivity index (χ4v) is 3.02. The van der Waals surface area contributed by atoms with Gasteiger partial charge < -0.3 is 14.8 Å². The molecule has 0 fully saturated rings. The number of amides is 1. The van der Waals surface area contributed by atoms with Gasteiger partial charge in [0, 0.05) is 11.6 Å². The van der Waals surface area contributed by atoms with Crippen molar-refractivity contribution < 1.29 is 19.2 Å². The molecule has 0 heterocycles. The number of aryl methyl sites for hydroxylation is 2. The monoisotopic (exact) mass is 406 g/mol. The van der Waals surface area contributed by atoms with Crippen LogP contribution >= 0.6 is 0 Å². The maximum Gasteiger partial charge on any atom is 0.311 e. The van der Waals surface area contributed by atoms with Gasteiger partial charge >= 0.3 is 5.69 Å². The minimum Gasteiger partial charge on any atom is -0.495 e. The number of ether oxygens (including phenoxy) is 2. The molecule has 0 saturated heterocycles. The van der Waals surface area contributed by atoms with Gasteiger partial charge in [-0.3, -0.25) is 14.9 Å². The predicted molar refractivity (Wildman–Crippen MR) is 114 cm³/mol. The Kier molecular flexibility index (Phi) is 6.32. The van der Waals surface area contributed by atoms with Crippen molar-refractivity contribution in [2.45, 2.75) is 20.0 Å². The van der Waals surface area contributed by atoms with Crippen LogP contribution in [0.3, 0.4) is 0 Å². The highest BCUT2D eigenvalue weighted by atomic mass is 16.6. The smallest absolute Gasteiger partial charge is 0.311 e. The second-order valence-electron chi connectivity index (χ2n) is 6.83. The van der Waals surface area contributed by atoms with Crippen LogP contribution in [0, 0.1) is 24.0 Å². The molecule has 0 unspecified atom stereocenters. The molecule has 1 amide bonds. The molecule has 0 saturated carbocycles. The van der Waals surface area contributed by atoms with Crippen molar-refractivity contribution in [3.63, 3.8) is 0 Å². The van der Waals surface area contributed by atoms with Crippen LogP contribution in [0.1, 0.15) is 22.8 Å². The largest absolute Gasteiger partial charge is 0.495 e. The lowest BCUT2D eigenvalue weighted by atomic mass is 10.1. The molecule has 7 nitrogen and oxygen atoms in total. The third-order valence-electron chi connectivity index (χ3n) is 4.51. The van der Waals surface area contributed by atoms with Crippen LogP contribution in [-0.2, 0) is 4.79 Å². The summed E-state index contributed by atoms with van der Waals surface area (Å²) in [6.45, 7) is 3.65. The van der Waals surface area contributed by atoms with E-state index in [0.717, 1.165) is 11.1 Å². The van der Waals surface area contributed by atoms with Crippen molar-refractivity contribution in [3.8, 4) is 11.5 Å². The average molecular weight is 406 g/mol. The van der Waals surface area contributed by atoms with Crippen molar-refractivity contribution >= 4 is 17.3 Å². The predicted octanol–water partition coefficient (Wildman–Crippen LogP) is 4.98. The first-order chi connectivity index (χ1) is 14.4. The summed E-state index contributed by atoms with van der Waals surface area (Å²) in [5, 5.41) is 14.3. The minimum atomic E-state index is -1.10. The van der Waals surface area contributed by atoms with E-state index in [2.05, 4.69) is 5.32 Å². The first kappa shape index (κ1) is 20.9. The highest BCUT2D eigenvalue weighted by molar-refractivity contribution is 5.96. The molecule has 1 atom stereocenters. The van der Waals surface area contributed by atoms with Gasteiger partial charge in [0.1, 0.15) is 5.75 Å². The average Bonchev–Trinajstić information content (AvgIpc) is 2.73. The topological polar surface area (TPSA) is 90.7 Å². The van der Waals surface area contributed by atoms with E-state index in [0.29, 0.717) is 17.0 Å². The number of nitro groups is 1. The van der Waals surface area contributed by atoms with E-state index in [-0.39, 0.29) is 11.4 Å². The van der Waals surface area contributed by atoms with Gasteiger partial charge in [-0.05, 0) is 43.2 Å². The van der Waals surface area contributed by atoms with Crippen LogP contribution < -0.4 is 14.8 Å². The van der Waals surface area contributed by atoms with Crippen molar-refractivity contribution in [1.29, 1.82) is 0 Å². The molecule has 154 valence electrons. The molecule has 3 aromatic rings. The van der Waals surface area contributed by atoms with Gasteiger partial charge in [-0.2, -0.15) is 0 Å². The Bertz CT molecular complexity index is 1070. The normalized spacial score (nSPS) is 11.4. The van der Waals surface area contributed by atoms with E-state index in [4.69, 9.17) is 9.47 Å². The lowest BCUT2D eigenvalue weighted by Gasteiger charge is -2.20. The van der Waals surface area contributed by atoms with Crippen LogP contribution in [-0.4, -0.2) is 17.9 Å². The Morgan fingerprint density at radius 1 is 0.967 bits per heavy atom. The zero-order chi connectivity index (χ0) is 21.7. The van der Waals surface area contributed by atoms with E-state index in [1.54, 1.807) is 49.4 Å². The summed E-state index contributed by atoms with van der Waals surface area (Å²) in [6.07, 6.45) is -1.10. The van der Waals surface area contributed by atoms with Crippen LogP contribution in [0.5, 0.6) is 11.5 Å². The van der Waals surface area contributed by atoms with Crippen LogP contribution in [0.2, 0.25) is 0 Å². The molecule has 0 bridgehead atoms. The van der Waals surface area contributed by atoms with Gasteiger partial charge in [-0.25, -0.2) is 0 Å². The molecule has 0 aliphatic carbocycles. The lowest BCUT2D eigenvalue weighted by molar-refractivity contribution is -0.386. The summed E-state index contributed by atoms with van der Waals surface area (Å²) in [4.78, 5) is 24.1. The van der Waals surface area contributed by atoms with E-state index in [9.17, 15) is 14.9 Å². The van der Waals surface area contributed by atoms with Gasteiger partial charge in [0.05, 0.1) is 17.7 Å². The van der Waals surface area contributed by atoms with Gasteiger partial charge in [-0.1, -0.05) is 42.5 Å². The van der Waals surface area contributed by atoms with Crippen LogP contribution in [0.25, 0.3) is 0 Å². The summed E-state index contributed by atoms with van der Waals surface area (Å²) in [7, 11) is 1.52. The Hall–Kier alpha value is -3.87. The SMILES string of the molecule is COc1ccc(C)cc1NC(=O)[C@@H](Oc1ccc(C)cc1[N+](=O)[O-])c1ccccc1. The van der Waals surface area contributed by atoms with E-state index in [1.165, 1.54) is 19.2 Å². The van der Waals surface area contributed by atoms with Gasteiger partial charge in [-0.15, -0.1) is 0 Å². The molecule has 1 N–H and O–H groups in total. The highest BCUT2D eigenvalue weighted by Gasteiger charge is 2.27. The molecule has 0 aromatic heterocycles. The number of hydrogen-bond donors (Lipinski definition) is 1. The van der Waals surface area contributed by atoms with E-state index in [1.807, 2.05) is 19.1 Å². The summed E-state index contributed by atoms with van der Waals surface area (Å²) in [5.41, 5.74) is 2.52. The molecule has 0 spiro atoms. The number of nitrogens with zero attached hydrogens (tertiary/aromatic N) is 1. The molecule has 0 aliphatic rings. The van der Waals surface area contributed by atoms with Crippen LogP contribution in [0.15, 0.2) is 66.7 Å². The quantitative estimate of drug-likeness (QED) is 0.441. The molecule has 30 heavy (non-hydrogen) atoms. The zero-order valence-corrected chi connectivity index (χ0v) is 16.9. The lowest BCUT2D eigenvalue weighted by Crippen LogP contribution is -2.26. The summed E-state index contributed by atoms with van der Waals surface area (Å²) in [6, 6.07) is 18.9. The van der Waals surface area contributed by atoms with Gasteiger partial charge in [0.25, 0.3) is 5.91 Å². The number of anilines is 1. The molecule has 3 rings (SSSR count). The summed E-state index contributed by atoms with van der Waals surface area (Å²) >= 11 is 0. The third-order valence-corrected chi connectivity index (χ3v) is 4.51. The Morgan fingerprint density at radius 2 is 1.60 bits per heavy atom. The third kappa shape index (κ3) is 4.75. The number of methoxy groups -OCH3 is 1. The zero-order valence-electron chi connectivity index (χ0n) is 16.9. The molecular formula is C23H22N2O5. The molecular weight excluding hydrogens is 384 g/mol. The number of carbonyl (C=O) groups excluding carboxylic acids is 1. The van der Waals surface area contributed by atoms with Crippen molar-refractivity contribution in [2.24, 2.45) is 0 Å². The van der Waals surface area contributed by atoms with E-state index < -0.39 is 16.9 Å². The molecule has 7 heteroatoms. The second kappa shape index (κ2) is 9.09. The van der Waals surface area contributed by atoms with Gasteiger partial charge in [0.2, 0.25) is 6.10 Å². The number of rotatable bonds is 7. The van der Waals surface area contributed by atoms with Gasteiger partial charge in [0.15, 0.2) is 5.75 Å². The van der Waals surface area contributed by atoms with Crippen molar-refractivity contribution in [3.05, 3.63) is 93.5 Å². The standard InChI is InChI=1S/C23H22N2O5/c1-15-9-11-20(29-3)18(13-15)24-23(26)22(17-7-5-4-6-8-17)30-21-12-10-16(2)14-19(21)25(27)28/h4-14,22H,1-3H3,(H,24,26)/t22-/m0/s1. The number of carbonyl (C=O) groups is 1. The van der Waals surface area contributed by atoms with E-state index >= 15 is 0 Å². The fraction of sp³-hybridized carbons (Fsp3) is 0.174. The minimum absolute atomic E-state index is 0.0193. The summed E-state index contributed by atoms with van der Waals surface area (Å²) < 4.78 is 11.2. The Balaban J connectivity index is 1.98. The van der Waals surface area contributed by atoms with Crippen LogP contribution in [0.4, 0.5) is 11.4 Å². The number of nitrogens with one attached hydrogen (secondary N) is 1. The number of nitro benzene ring substituents is 1. The fourth-order valence-electron chi connectivity index (χ4n) is 3.02. The summed E-state index contributed by atoms with van der Waals surface area (Å²) in [5.74, 6) is 0.0489. The second-order valence-corrected chi connectivity index (χ2v) is 6.83. The van der Waals surface area contributed by atoms with Crippen molar-refractivity contribution in [2.75, 3.05) is 12.4 Å². The first-order valence-corrected chi connectivity index (χ1v) is 9.31. The molecule has 0 radical (unpaired) electrons. The maximum atomic E-state index is 13.2. The molecule has 3 aromatic carbocycles. The maximum absolute atomic E-state index is 13.2. The Labute approximate surface area is 174 Å². The highest BCUT2D eigenvalue weighted by Crippen LogP contribution is 2.33. The molecule has 0 aliphatic heterocycles. The number of benzene rings is 3. The first-order valence-electron chi connectivity index (χ1n) is 9.31.